The van der Waals surface area contributed by atoms with Crippen LogP contribution in [0.5, 0.6) is 0 Å². The molecule has 0 radical (unpaired) electrons. The molecular weight excluding hydrogens is 1800 g/mol. The van der Waals surface area contributed by atoms with Gasteiger partial charge >= 0.3 is 30.5 Å². The highest BCUT2D eigenvalue weighted by molar-refractivity contribution is 5.84. The van der Waals surface area contributed by atoms with E-state index in [0.717, 1.165) is 195 Å². The summed E-state index contributed by atoms with van der Waals surface area (Å²) in [5, 5.41) is 14.6. The van der Waals surface area contributed by atoms with Gasteiger partial charge in [-0.15, -0.1) is 0 Å². The average molecular weight is 1960 g/mol. The fraction of sp³-hybridized carbons (Fsp3) is 0.634. The van der Waals surface area contributed by atoms with E-state index in [2.05, 4.69) is 64.4 Å². The highest BCUT2D eigenvalue weighted by atomic mass is 16.6. The first kappa shape index (κ1) is 114. The zero-order chi connectivity index (χ0) is 103. The zero-order valence-electron chi connectivity index (χ0n) is 88.9. The lowest BCUT2D eigenvalue weighted by Gasteiger charge is -2.35. The predicted molar refractivity (Wildman–Crippen MR) is 554 cm³/mol. The first-order valence-electron chi connectivity index (χ1n) is 51.9. The Morgan fingerprint density at radius 2 is 0.718 bits per heavy atom. The lowest BCUT2D eigenvalue weighted by Crippen LogP contribution is -2.42. The van der Waals surface area contributed by atoms with Crippen molar-refractivity contribution in [2.75, 3.05) is 94.1 Å². The number of benzene rings is 1. The van der Waals surface area contributed by atoms with Crippen LogP contribution in [0.2, 0.25) is 0 Å². The molecule has 30 heteroatoms. The van der Waals surface area contributed by atoms with Crippen molar-refractivity contribution in [1.82, 2.24) is 75.6 Å². The lowest BCUT2D eigenvalue weighted by molar-refractivity contribution is -0.138. The van der Waals surface area contributed by atoms with Gasteiger partial charge in [-0.1, -0.05) is 24.3 Å². The number of rotatable bonds is 26. The topological polar surface area (TPSA) is 349 Å². The molecule has 0 spiro atoms. The van der Waals surface area contributed by atoms with Crippen LogP contribution in [-0.2, 0) is 86.4 Å². The van der Waals surface area contributed by atoms with Crippen LogP contribution in [0.4, 0.5) is 24.0 Å². The maximum absolute atomic E-state index is 13.0. The van der Waals surface area contributed by atoms with Crippen LogP contribution in [0.1, 0.15) is 278 Å². The fourth-order valence-corrected chi connectivity index (χ4v) is 19.3. The van der Waals surface area contributed by atoms with Crippen LogP contribution in [0.3, 0.4) is 0 Å². The number of aryl methyl sites for hydroxylation is 1. The van der Waals surface area contributed by atoms with E-state index < -0.39 is 28.0 Å². The minimum Gasteiger partial charge on any atom is -0.444 e. The quantitative estimate of drug-likeness (QED) is 0.0289. The third-order valence-corrected chi connectivity index (χ3v) is 27.1. The Morgan fingerprint density at radius 3 is 1.12 bits per heavy atom. The summed E-state index contributed by atoms with van der Waals surface area (Å²) in [4.78, 5) is 155. The Hall–Kier alpha value is -11.3. The monoisotopic (exact) mass is 1960 g/mol. The number of pyridine rings is 5. The van der Waals surface area contributed by atoms with Gasteiger partial charge in [-0.2, -0.15) is 0 Å². The van der Waals surface area contributed by atoms with Crippen LogP contribution >= 0.6 is 0 Å². The summed E-state index contributed by atoms with van der Waals surface area (Å²) in [6.45, 7) is 35.5. The van der Waals surface area contributed by atoms with Crippen molar-refractivity contribution in [1.29, 1.82) is 0 Å². The van der Waals surface area contributed by atoms with E-state index in [1.54, 1.807) is 96.9 Å². The molecule has 780 valence electrons. The van der Waals surface area contributed by atoms with Crippen molar-refractivity contribution in [2.24, 2.45) is 59.2 Å². The fourth-order valence-electron chi connectivity index (χ4n) is 19.3. The average Bonchev–Trinajstić information content (AvgIpc) is 1.33. The van der Waals surface area contributed by atoms with Crippen LogP contribution in [0, 0.1) is 59.2 Å². The molecule has 5 saturated carbocycles. The Labute approximate surface area is 845 Å². The molecule has 4 N–H and O–H groups in total. The number of fused-ring (bicyclic) bond motifs is 3. The first-order valence-corrected chi connectivity index (χ1v) is 51.9. The van der Waals surface area contributed by atoms with E-state index in [9.17, 15) is 47.9 Å². The number of hydrogen-bond donors (Lipinski definition) is 4. The number of hydrogen-bond acceptors (Lipinski definition) is 20. The SMILES string of the molecule is CN(CC1CCC(C(=O)N2CCc3cnccc3C2)CC1)C(=O)OC(C)(C)C.CN(CC1CCC(C(=O)NCC2=Cc3cccnc3C2)CC1)C(=O)OC(C)(C)C.CN(CC1CCC(C(=O)NCCCc2ccncc2)CC1)C(=O)OC(C)(C)C.CN(CC1CCC(C(=O)NCCc2ccncc2)CC1)C(=O)OC(C)(C)C.CN(CC1CCC(C(=O)NCc2ccc3cnccc3c2)CC1)C(=O)OC(C)(C)C. The van der Waals surface area contributed by atoms with Gasteiger partial charge in [0.25, 0.3) is 0 Å². The Morgan fingerprint density at radius 1 is 0.359 bits per heavy atom. The maximum Gasteiger partial charge on any atom is 0.410 e. The van der Waals surface area contributed by atoms with Crippen LogP contribution < -0.4 is 21.3 Å². The van der Waals surface area contributed by atoms with Crippen LogP contribution in [0.15, 0.2) is 128 Å². The highest BCUT2D eigenvalue weighted by Gasteiger charge is 2.37. The molecule has 5 fully saturated rings. The zero-order valence-corrected chi connectivity index (χ0v) is 88.9. The van der Waals surface area contributed by atoms with Gasteiger partial charge in [-0.3, -0.25) is 48.9 Å². The summed E-state index contributed by atoms with van der Waals surface area (Å²) >= 11 is 0. The second-order valence-electron chi connectivity index (χ2n) is 45.2. The number of nitrogens with zero attached hydrogens (tertiary/aromatic N) is 11. The normalized spacial score (nSPS) is 20.5. The van der Waals surface area contributed by atoms with E-state index in [1.807, 2.05) is 182 Å². The van der Waals surface area contributed by atoms with E-state index >= 15 is 0 Å². The first-order chi connectivity index (χ1) is 67.1. The third kappa shape index (κ3) is 41.2. The summed E-state index contributed by atoms with van der Waals surface area (Å²) in [6, 6.07) is 22.1. The number of amides is 10. The van der Waals surface area contributed by atoms with Gasteiger partial charge in [0, 0.05) is 204 Å². The summed E-state index contributed by atoms with van der Waals surface area (Å²) in [7, 11) is 8.94. The molecule has 0 saturated heterocycles. The van der Waals surface area contributed by atoms with Crippen molar-refractivity contribution >= 4 is 76.9 Å². The molecule has 10 amide bonds. The van der Waals surface area contributed by atoms with Gasteiger partial charge < -0.3 is 74.4 Å². The van der Waals surface area contributed by atoms with E-state index in [-0.39, 0.29) is 83.7 Å². The molecule has 1 aliphatic heterocycles. The van der Waals surface area contributed by atoms with E-state index in [1.165, 1.54) is 27.8 Å². The van der Waals surface area contributed by atoms with E-state index in [0.29, 0.717) is 101 Å². The van der Waals surface area contributed by atoms with Gasteiger partial charge in [0.05, 0.1) is 5.69 Å². The van der Waals surface area contributed by atoms with Crippen molar-refractivity contribution < 1.29 is 71.6 Å². The van der Waals surface area contributed by atoms with Crippen LogP contribution in [-0.4, -0.2) is 236 Å². The largest absolute Gasteiger partial charge is 0.444 e. The molecule has 1 aromatic carbocycles. The lowest BCUT2D eigenvalue weighted by atomic mass is 9.81. The second kappa shape index (κ2) is 54.9. The third-order valence-electron chi connectivity index (χ3n) is 27.1. The standard InChI is InChI=1S/C24H33N3O3.C23H33N3O3.C22H33N3O3.C22H35N3O3.C21H33N3O3/c1-24(2,3)30-23(29)27(4)16-17-5-8-19(9-6-17)22(28)26-14-18-7-10-21-15-25-12-11-20(21)13-18;1-23(2,3)29-22(28)26(4)15-16-7-9-18(10-8-16)21(27)25-14-17-12-19-6-5-11-24-20(19)13-17;1-22(2,3)28-21(27)24(4)14-16-5-7-17(8-6-16)20(26)25-12-10-18-13-23-11-9-19(18)15-25;1-22(2,3)28-21(27)25(4)16-18-7-9-19(10-8-18)20(26)24-13-5-6-17-11-14-23-15-12-17;1-21(2,3)27-20(26)24(4)15-17-5-7-18(8-6-17)19(25)23-14-11-16-9-12-22-13-10-16/h7,10-13,15,17,19H,5-6,8-9,14,16H2,1-4H3,(H,26,28);5-6,11-12,16,18H,7-10,13-15H2,1-4H3,(H,25,27);9,11,13,16-17H,5-8,10,12,14-15H2,1-4H3;11-12,14-15,18-19H,5-10,13,16H2,1-4H3,(H,24,26);9-10,12-13,17-18H,5-8,11,14-15H2,1-4H3,(H,23,25). The van der Waals surface area contributed by atoms with Crippen molar-refractivity contribution in [3.05, 3.63) is 167 Å². The van der Waals surface area contributed by atoms with Gasteiger partial charge in [0.1, 0.15) is 28.0 Å². The number of ether oxygens (including phenoxy) is 5. The van der Waals surface area contributed by atoms with Gasteiger partial charge in [0.2, 0.25) is 29.5 Å². The molecular formula is C112H167N15O15. The summed E-state index contributed by atoms with van der Waals surface area (Å²) in [5.74, 6) is 3.48. The number of nitrogens with one attached hydrogen (secondary N) is 4. The molecule has 0 unspecified atom stereocenters. The summed E-state index contributed by atoms with van der Waals surface area (Å²) in [6.07, 6.45) is 40.0. The Balaban J connectivity index is 0.000000198. The van der Waals surface area contributed by atoms with E-state index in [4.69, 9.17) is 23.7 Å². The Kier molecular flexibility index (Phi) is 44.2. The van der Waals surface area contributed by atoms with Gasteiger partial charge in [0.15, 0.2) is 0 Å². The molecule has 0 bridgehead atoms. The van der Waals surface area contributed by atoms with Crippen molar-refractivity contribution in [3.8, 4) is 0 Å². The number of carbonyl (C=O) groups is 10. The summed E-state index contributed by atoms with van der Waals surface area (Å²) in [5.41, 5.74) is 7.08. The predicted octanol–water partition coefficient (Wildman–Crippen LogP) is 19.2. The molecule has 7 aliphatic rings. The maximum atomic E-state index is 13.0. The molecule has 6 aromatic rings. The minimum absolute atomic E-state index is 0.0535. The molecule has 5 aromatic heterocycles. The molecule has 0 atom stereocenters. The molecule has 13 rings (SSSR count). The second-order valence-corrected chi connectivity index (χ2v) is 45.2. The van der Waals surface area contributed by atoms with Gasteiger partial charge in [-0.25, -0.2) is 24.0 Å². The van der Waals surface area contributed by atoms with Gasteiger partial charge in [-0.05, 0) is 380 Å². The highest BCUT2D eigenvalue weighted by Crippen LogP contribution is 2.37. The smallest absolute Gasteiger partial charge is 0.410 e. The van der Waals surface area contributed by atoms with Crippen molar-refractivity contribution in [3.63, 3.8) is 0 Å². The minimum atomic E-state index is -0.483. The molecule has 30 nitrogen and oxygen atoms in total. The van der Waals surface area contributed by atoms with Crippen molar-refractivity contribution in [2.45, 2.75) is 305 Å². The molecule has 6 heterocycles. The Bertz CT molecular complexity index is 5020. The molecule has 142 heavy (non-hydrogen) atoms. The number of aromatic nitrogens is 5. The summed E-state index contributed by atoms with van der Waals surface area (Å²) < 4.78 is 27.1. The molecule has 6 aliphatic carbocycles. The number of carbonyl (C=O) groups excluding carboxylic acids is 10. The van der Waals surface area contributed by atoms with Crippen LogP contribution in [0.25, 0.3) is 16.8 Å².